The number of hydrogen-bond donors (Lipinski definition) is 1. The van der Waals surface area contributed by atoms with Crippen molar-refractivity contribution < 1.29 is 17.9 Å². The summed E-state index contributed by atoms with van der Waals surface area (Å²) < 4.78 is 38.0. The van der Waals surface area contributed by atoms with Gasteiger partial charge in [0.05, 0.1) is 20.3 Å². The van der Waals surface area contributed by atoms with Crippen LogP contribution < -0.4 is 9.46 Å². The Morgan fingerprint density at radius 3 is 2.68 bits per heavy atom. The summed E-state index contributed by atoms with van der Waals surface area (Å²) in [6.07, 6.45) is 0. The highest BCUT2D eigenvalue weighted by Crippen LogP contribution is 2.30. The molecule has 1 aromatic carbocycles. The Balaban J connectivity index is 2.06. The molecule has 6 nitrogen and oxygen atoms in total. The monoisotopic (exact) mass is 348 g/mol. The first kappa shape index (κ1) is 17.5. The van der Waals surface area contributed by atoms with E-state index < -0.39 is 10.0 Å². The van der Waals surface area contributed by atoms with Crippen molar-refractivity contribution in [1.82, 2.24) is 9.62 Å². The molecule has 2 rings (SSSR count). The van der Waals surface area contributed by atoms with Crippen molar-refractivity contribution in [2.24, 2.45) is 0 Å². The quantitative estimate of drug-likeness (QED) is 0.838. The molecule has 0 aliphatic carbocycles. The van der Waals surface area contributed by atoms with Crippen LogP contribution in [0.15, 0.2) is 17.0 Å². The maximum Gasteiger partial charge on any atom is 0.244 e. The van der Waals surface area contributed by atoms with Crippen molar-refractivity contribution >= 4 is 21.6 Å². The van der Waals surface area contributed by atoms with Crippen molar-refractivity contribution in [3.05, 3.63) is 22.7 Å². The number of hydrogen-bond acceptors (Lipinski definition) is 5. The summed E-state index contributed by atoms with van der Waals surface area (Å²) in [4.78, 5) is 2.23. The van der Waals surface area contributed by atoms with Crippen LogP contribution in [0.25, 0.3) is 0 Å². The van der Waals surface area contributed by atoms with E-state index in [4.69, 9.17) is 21.1 Å². The van der Waals surface area contributed by atoms with E-state index in [1.807, 2.05) is 0 Å². The fourth-order valence-corrected chi connectivity index (χ4v) is 4.02. The molecule has 1 fully saturated rings. The number of halogens is 1. The van der Waals surface area contributed by atoms with Gasteiger partial charge in [0, 0.05) is 31.2 Å². The van der Waals surface area contributed by atoms with Crippen LogP contribution in [0.1, 0.15) is 5.56 Å². The van der Waals surface area contributed by atoms with Gasteiger partial charge >= 0.3 is 0 Å². The number of nitrogens with zero attached hydrogens (tertiary/aromatic N) is 1. The van der Waals surface area contributed by atoms with Gasteiger partial charge in [0.15, 0.2) is 0 Å². The summed E-state index contributed by atoms with van der Waals surface area (Å²) >= 11 is 5.97. The van der Waals surface area contributed by atoms with Crippen LogP contribution >= 0.6 is 11.6 Å². The Labute approximate surface area is 136 Å². The van der Waals surface area contributed by atoms with Crippen LogP contribution in [0.2, 0.25) is 5.02 Å². The van der Waals surface area contributed by atoms with Crippen LogP contribution in [-0.4, -0.2) is 59.8 Å². The first-order chi connectivity index (χ1) is 10.4. The van der Waals surface area contributed by atoms with Gasteiger partial charge in [0.2, 0.25) is 10.0 Å². The number of methoxy groups -OCH3 is 1. The first-order valence-corrected chi connectivity index (χ1v) is 8.94. The van der Waals surface area contributed by atoms with Gasteiger partial charge in [-0.3, -0.25) is 4.90 Å². The van der Waals surface area contributed by atoms with E-state index in [1.165, 1.54) is 13.2 Å². The SMILES string of the molecule is COc1c(C)cc(Cl)cc1S(=O)(=O)NCCN1CCOCC1. The minimum atomic E-state index is -3.67. The number of morpholine rings is 1. The molecule has 1 heterocycles. The maximum absolute atomic E-state index is 12.5. The Hall–Kier alpha value is -0.860. The van der Waals surface area contributed by atoms with Gasteiger partial charge in [-0.15, -0.1) is 0 Å². The molecule has 0 atom stereocenters. The van der Waals surface area contributed by atoms with Crippen LogP contribution in [0, 0.1) is 6.92 Å². The second-order valence-electron chi connectivity index (χ2n) is 5.11. The molecule has 1 saturated heterocycles. The number of benzene rings is 1. The van der Waals surface area contributed by atoms with E-state index in [9.17, 15) is 8.42 Å². The molecule has 1 aliphatic rings. The van der Waals surface area contributed by atoms with Gasteiger partial charge in [-0.25, -0.2) is 13.1 Å². The van der Waals surface area contributed by atoms with E-state index in [0.717, 1.165) is 13.1 Å². The molecule has 1 aliphatic heterocycles. The molecule has 0 aromatic heterocycles. The molecule has 1 aromatic rings. The summed E-state index contributed by atoms with van der Waals surface area (Å²) in [5.41, 5.74) is 0.684. The predicted octanol–water partition coefficient (Wildman–Crippen LogP) is 1.27. The summed E-state index contributed by atoms with van der Waals surface area (Å²) in [7, 11) is -2.22. The topological polar surface area (TPSA) is 67.9 Å². The Bertz CT molecular complexity index is 616. The Morgan fingerprint density at radius 2 is 2.05 bits per heavy atom. The third kappa shape index (κ3) is 4.33. The zero-order valence-corrected chi connectivity index (χ0v) is 14.3. The van der Waals surface area contributed by atoms with Crippen molar-refractivity contribution in [2.45, 2.75) is 11.8 Å². The van der Waals surface area contributed by atoms with Gasteiger partial charge in [0.25, 0.3) is 0 Å². The van der Waals surface area contributed by atoms with Crippen LogP contribution in [0.4, 0.5) is 0 Å². The van der Waals surface area contributed by atoms with Gasteiger partial charge in [0.1, 0.15) is 10.6 Å². The standard InChI is InChI=1S/C14H21ClN2O4S/c1-11-9-12(15)10-13(14(11)20-2)22(18,19)16-3-4-17-5-7-21-8-6-17/h9-10,16H,3-8H2,1-2H3. The number of sulfonamides is 1. The lowest BCUT2D eigenvalue weighted by Gasteiger charge is -2.26. The molecule has 0 spiro atoms. The van der Waals surface area contributed by atoms with Gasteiger partial charge < -0.3 is 9.47 Å². The van der Waals surface area contributed by atoms with E-state index in [0.29, 0.717) is 42.6 Å². The molecule has 0 saturated carbocycles. The van der Waals surface area contributed by atoms with E-state index in [2.05, 4.69) is 9.62 Å². The number of aryl methyl sites for hydroxylation is 1. The molecule has 0 unspecified atom stereocenters. The molecule has 8 heteroatoms. The molecular weight excluding hydrogens is 328 g/mol. The highest BCUT2D eigenvalue weighted by atomic mass is 35.5. The largest absolute Gasteiger partial charge is 0.495 e. The van der Waals surface area contributed by atoms with Crippen LogP contribution in [0.3, 0.4) is 0 Å². The summed E-state index contributed by atoms with van der Waals surface area (Å²) in [6.45, 7) is 5.75. The van der Waals surface area contributed by atoms with Crippen LogP contribution in [-0.2, 0) is 14.8 Å². The second-order valence-corrected chi connectivity index (χ2v) is 7.28. The smallest absolute Gasteiger partial charge is 0.244 e. The highest BCUT2D eigenvalue weighted by molar-refractivity contribution is 7.89. The van der Waals surface area contributed by atoms with Crippen molar-refractivity contribution in [1.29, 1.82) is 0 Å². The second kappa shape index (κ2) is 7.61. The Kier molecular flexibility index (Phi) is 6.05. The third-order valence-electron chi connectivity index (χ3n) is 3.52. The molecule has 1 N–H and O–H groups in total. The maximum atomic E-state index is 12.5. The lowest BCUT2D eigenvalue weighted by Crippen LogP contribution is -2.41. The number of ether oxygens (including phenoxy) is 2. The van der Waals surface area contributed by atoms with Crippen LogP contribution in [0.5, 0.6) is 5.75 Å². The molecule has 0 bridgehead atoms. The van der Waals surface area contributed by atoms with Crippen molar-refractivity contribution in [3.8, 4) is 5.75 Å². The summed E-state index contributed by atoms with van der Waals surface area (Å²) in [5, 5.41) is 0.367. The number of rotatable bonds is 6. The molecule has 124 valence electrons. The molecule has 0 amide bonds. The average Bonchev–Trinajstić information content (AvgIpc) is 2.47. The van der Waals surface area contributed by atoms with E-state index in [-0.39, 0.29) is 4.90 Å². The lowest BCUT2D eigenvalue weighted by atomic mass is 10.2. The normalized spacial score (nSPS) is 16.7. The number of nitrogens with one attached hydrogen (secondary N) is 1. The van der Waals surface area contributed by atoms with Crippen molar-refractivity contribution in [2.75, 3.05) is 46.5 Å². The predicted molar refractivity (Wildman–Crippen MR) is 85.2 cm³/mol. The fourth-order valence-electron chi connectivity index (χ4n) is 2.40. The first-order valence-electron chi connectivity index (χ1n) is 7.08. The van der Waals surface area contributed by atoms with Gasteiger partial charge in [-0.1, -0.05) is 11.6 Å². The minimum absolute atomic E-state index is 0.0713. The van der Waals surface area contributed by atoms with E-state index >= 15 is 0 Å². The zero-order chi connectivity index (χ0) is 16.2. The lowest BCUT2D eigenvalue weighted by molar-refractivity contribution is 0.0390. The van der Waals surface area contributed by atoms with Crippen molar-refractivity contribution in [3.63, 3.8) is 0 Å². The van der Waals surface area contributed by atoms with Gasteiger partial charge in [-0.2, -0.15) is 0 Å². The molecule has 22 heavy (non-hydrogen) atoms. The molecular formula is C14H21ClN2O4S. The minimum Gasteiger partial charge on any atom is -0.495 e. The van der Waals surface area contributed by atoms with E-state index in [1.54, 1.807) is 13.0 Å². The van der Waals surface area contributed by atoms with Gasteiger partial charge in [-0.05, 0) is 24.6 Å². The zero-order valence-electron chi connectivity index (χ0n) is 12.8. The average molecular weight is 349 g/mol. The fraction of sp³-hybridized carbons (Fsp3) is 0.571. The Morgan fingerprint density at radius 1 is 1.36 bits per heavy atom. The molecule has 0 radical (unpaired) electrons. The third-order valence-corrected chi connectivity index (χ3v) is 5.21. The summed E-state index contributed by atoms with van der Waals surface area (Å²) in [6, 6.07) is 3.08. The summed E-state index contributed by atoms with van der Waals surface area (Å²) in [5.74, 6) is 0.322. The highest BCUT2D eigenvalue weighted by Gasteiger charge is 2.22.